The highest BCUT2D eigenvalue weighted by atomic mass is 16.5. The van der Waals surface area contributed by atoms with Gasteiger partial charge in [0.05, 0.1) is 6.10 Å². The molecule has 4 aliphatic rings. The average Bonchev–Trinajstić information content (AvgIpc) is 3.04. The van der Waals surface area contributed by atoms with Gasteiger partial charge in [-0.1, -0.05) is 65.5 Å². The summed E-state index contributed by atoms with van der Waals surface area (Å²) in [7, 11) is 1.91. The summed E-state index contributed by atoms with van der Waals surface area (Å²) in [6.07, 6.45) is 18.7. The molecule has 4 rings (SSSR count). The first-order chi connectivity index (χ1) is 13.8. The third kappa shape index (κ3) is 3.77. The smallest absolute Gasteiger partial charge is 0.0608 e. The number of fused-ring (bicyclic) bond motifs is 5. The normalized spacial score (nSPS) is 45.3. The fourth-order valence-electron chi connectivity index (χ4n) is 8.85. The van der Waals surface area contributed by atoms with E-state index in [1.54, 1.807) is 5.57 Å². The highest BCUT2D eigenvalue weighted by Gasteiger charge is 2.59. The molecule has 3 saturated carbocycles. The van der Waals surface area contributed by atoms with Crippen LogP contribution in [0.15, 0.2) is 11.6 Å². The van der Waals surface area contributed by atoms with Crippen LogP contribution in [0.4, 0.5) is 0 Å². The van der Waals surface area contributed by atoms with Gasteiger partial charge >= 0.3 is 0 Å². The van der Waals surface area contributed by atoms with E-state index in [1.807, 2.05) is 7.11 Å². The van der Waals surface area contributed by atoms with E-state index in [9.17, 15) is 0 Å². The van der Waals surface area contributed by atoms with E-state index < -0.39 is 0 Å². The van der Waals surface area contributed by atoms with Crippen molar-refractivity contribution in [3.8, 4) is 0 Å². The van der Waals surface area contributed by atoms with E-state index in [-0.39, 0.29) is 0 Å². The fourth-order valence-corrected chi connectivity index (χ4v) is 8.85. The number of allylic oxidation sites excluding steroid dienone is 1. The predicted octanol–water partition coefficient (Wildman–Crippen LogP) is 8.04. The third-order valence-corrected chi connectivity index (χ3v) is 10.6. The topological polar surface area (TPSA) is 9.23 Å². The largest absolute Gasteiger partial charge is 0.381 e. The number of rotatable bonds is 6. The van der Waals surface area contributed by atoms with Gasteiger partial charge in [-0.2, -0.15) is 0 Å². The number of ether oxygens (including phenoxy) is 1. The summed E-state index contributed by atoms with van der Waals surface area (Å²) in [6, 6.07) is 0. The monoisotopic (exact) mass is 400 g/mol. The van der Waals surface area contributed by atoms with Crippen molar-refractivity contribution >= 4 is 0 Å². The Hall–Kier alpha value is -0.300. The molecule has 0 saturated heterocycles. The van der Waals surface area contributed by atoms with Gasteiger partial charge in [0.25, 0.3) is 0 Å². The van der Waals surface area contributed by atoms with Gasteiger partial charge in [-0.15, -0.1) is 0 Å². The lowest BCUT2D eigenvalue weighted by Crippen LogP contribution is -2.50. The lowest BCUT2D eigenvalue weighted by atomic mass is 9.47. The molecule has 0 aromatic carbocycles. The van der Waals surface area contributed by atoms with Gasteiger partial charge in [0.1, 0.15) is 0 Å². The fraction of sp³-hybridized carbons (Fsp3) is 0.929. The third-order valence-electron chi connectivity index (χ3n) is 10.6. The van der Waals surface area contributed by atoms with Crippen LogP contribution in [0.3, 0.4) is 0 Å². The zero-order chi connectivity index (χ0) is 20.8. The quantitative estimate of drug-likeness (QED) is 0.410. The molecular formula is C28H48O. The molecule has 166 valence electrons. The van der Waals surface area contributed by atoms with Crippen LogP contribution in [-0.4, -0.2) is 13.2 Å². The van der Waals surface area contributed by atoms with Crippen LogP contribution in [0, 0.1) is 46.3 Å². The maximum absolute atomic E-state index is 5.75. The van der Waals surface area contributed by atoms with Crippen LogP contribution >= 0.6 is 0 Å². The van der Waals surface area contributed by atoms with Gasteiger partial charge < -0.3 is 4.74 Å². The van der Waals surface area contributed by atoms with Crippen molar-refractivity contribution in [2.75, 3.05) is 7.11 Å². The maximum Gasteiger partial charge on any atom is 0.0608 e. The van der Waals surface area contributed by atoms with Gasteiger partial charge in [0.15, 0.2) is 0 Å². The Morgan fingerprint density at radius 1 is 1.00 bits per heavy atom. The molecule has 3 fully saturated rings. The van der Waals surface area contributed by atoms with Crippen LogP contribution in [0.5, 0.6) is 0 Å². The first-order valence-electron chi connectivity index (χ1n) is 13.0. The van der Waals surface area contributed by atoms with Crippen molar-refractivity contribution in [1.82, 2.24) is 0 Å². The molecule has 8 atom stereocenters. The van der Waals surface area contributed by atoms with Crippen LogP contribution in [0.1, 0.15) is 105 Å². The molecule has 4 aliphatic carbocycles. The van der Waals surface area contributed by atoms with Crippen LogP contribution < -0.4 is 0 Å². The second kappa shape index (κ2) is 8.33. The van der Waals surface area contributed by atoms with Gasteiger partial charge in [-0.3, -0.25) is 0 Å². The van der Waals surface area contributed by atoms with Crippen LogP contribution in [0.25, 0.3) is 0 Å². The molecule has 0 aromatic rings. The molecule has 29 heavy (non-hydrogen) atoms. The summed E-state index contributed by atoms with van der Waals surface area (Å²) >= 11 is 0. The van der Waals surface area contributed by atoms with Crippen molar-refractivity contribution in [2.24, 2.45) is 46.3 Å². The molecule has 0 aromatic heterocycles. The Balaban J connectivity index is 1.48. The molecule has 0 unspecified atom stereocenters. The summed E-state index contributed by atoms with van der Waals surface area (Å²) < 4.78 is 5.75. The summed E-state index contributed by atoms with van der Waals surface area (Å²) in [5.74, 6) is 5.63. The van der Waals surface area contributed by atoms with Crippen molar-refractivity contribution in [3.05, 3.63) is 11.6 Å². The first-order valence-corrected chi connectivity index (χ1v) is 13.0. The van der Waals surface area contributed by atoms with Gasteiger partial charge in [-0.05, 0) is 97.7 Å². The average molecular weight is 401 g/mol. The van der Waals surface area contributed by atoms with E-state index in [1.165, 1.54) is 70.6 Å². The standard InChI is InChI=1S/C28H48O/c1-19(2)8-7-9-20(3)24-12-13-25-23-11-10-21-18-22(29-6)14-16-27(21,4)26(23)15-17-28(24,25)5/h10,19-20,22-26H,7-9,11-18H2,1-6H3/t20-,22+,23+,24-,25+,26+,27+,28-/m0/s1. The van der Waals surface area contributed by atoms with Crippen molar-refractivity contribution in [1.29, 1.82) is 0 Å². The molecule has 0 aliphatic heterocycles. The van der Waals surface area contributed by atoms with Gasteiger partial charge in [-0.25, -0.2) is 0 Å². The highest BCUT2D eigenvalue weighted by Crippen LogP contribution is 2.67. The summed E-state index contributed by atoms with van der Waals surface area (Å²) in [6.45, 7) is 12.7. The molecular weight excluding hydrogens is 352 g/mol. The van der Waals surface area contributed by atoms with Crippen molar-refractivity contribution in [2.45, 2.75) is 111 Å². The molecule has 1 heteroatoms. The van der Waals surface area contributed by atoms with E-state index in [4.69, 9.17) is 4.74 Å². The Morgan fingerprint density at radius 3 is 2.52 bits per heavy atom. The number of hydrogen-bond donors (Lipinski definition) is 0. The van der Waals surface area contributed by atoms with E-state index in [2.05, 4.69) is 40.7 Å². The molecule has 0 bridgehead atoms. The Kier molecular flexibility index (Phi) is 6.29. The zero-order valence-corrected chi connectivity index (χ0v) is 20.3. The minimum absolute atomic E-state index is 0.472. The minimum Gasteiger partial charge on any atom is -0.381 e. The predicted molar refractivity (Wildman–Crippen MR) is 124 cm³/mol. The molecule has 1 nitrogen and oxygen atoms in total. The molecule has 0 N–H and O–H groups in total. The molecule has 0 spiro atoms. The lowest BCUT2D eigenvalue weighted by Gasteiger charge is -2.58. The lowest BCUT2D eigenvalue weighted by molar-refractivity contribution is -0.0601. The Labute approximate surface area is 181 Å². The van der Waals surface area contributed by atoms with E-state index >= 15 is 0 Å². The summed E-state index contributed by atoms with van der Waals surface area (Å²) in [4.78, 5) is 0. The SMILES string of the molecule is CO[C@@H]1CC[C@]2(C)C(=CC[C@@H]3[C@H]4CC[C@@H]([C@@H](C)CCCC(C)C)[C@]4(C)CC[C@H]32)C1. The minimum atomic E-state index is 0.472. The van der Waals surface area contributed by atoms with Crippen molar-refractivity contribution in [3.63, 3.8) is 0 Å². The van der Waals surface area contributed by atoms with Crippen molar-refractivity contribution < 1.29 is 4.74 Å². The van der Waals surface area contributed by atoms with Crippen LogP contribution in [0.2, 0.25) is 0 Å². The van der Waals surface area contributed by atoms with E-state index in [0.29, 0.717) is 16.9 Å². The van der Waals surface area contributed by atoms with Crippen LogP contribution in [-0.2, 0) is 4.74 Å². The second-order valence-corrected chi connectivity index (χ2v) is 12.4. The number of hydrogen-bond acceptors (Lipinski definition) is 1. The number of methoxy groups -OCH3 is 1. The zero-order valence-electron chi connectivity index (χ0n) is 20.3. The van der Waals surface area contributed by atoms with E-state index in [0.717, 1.165) is 35.5 Å². The second-order valence-electron chi connectivity index (χ2n) is 12.4. The Morgan fingerprint density at radius 2 is 1.79 bits per heavy atom. The van der Waals surface area contributed by atoms with Gasteiger partial charge in [0, 0.05) is 7.11 Å². The highest BCUT2D eigenvalue weighted by molar-refractivity contribution is 5.25. The summed E-state index contributed by atoms with van der Waals surface area (Å²) in [5.41, 5.74) is 2.85. The first kappa shape index (κ1) is 21.9. The molecule has 0 amide bonds. The maximum atomic E-state index is 5.75. The molecule has 0 radical (unpaired) electrons. The molecule has 0 heterocycles. The summed E-state index contributed by atoms with van der Waals surface area (Å²) in [5, 5.41) is 0. The Bertz CT molecular complexity index is 605. The van der Waals surface area contributed by atoms with Gasteiger partial charge in [0.2, 0.25) is 0 Å².